The number of morpholine rings is 1. The van der Waals surface area contributed by atoms with Crippen LogP contribution in [0.4, 0.5) is 0 Å². The van der Waals surface area contributed by atoms with Crippen LogP contribution in [0.25, 0.3) is 0 Å². The van der Waals surface area contributed by atoms with Gasteiger partial charge in [0, 0.05) is 38.3 Å². The van der Waals surface area contributed by atoms with Gasteiger partial charge in [-0.05, 0) is 56.8 Å². The SMILES string of the molecule is C[C@H]1CN(Cc2ccc(C(=O)NCc3ccc(CN(C)C)cc3)cc2)C[C@H](C)O1. The van der Waals surface area contributed by atoms with Crippen LogP contribution in [0.2, 0.25) is 0 Å². The minimum Gasteiger partial charge on any atom is -0.373 e. The van der Waals surface area contributed by atoms with Crippen molar-refractivity contribution in [3.63, 3.8) is 0 Å². The number of ether oxygens (including phenoxy) is 1. The van der Waals surface area contributed by atoms with Gasteiger partial charge < -0.3 is 15.0 Å². The predicted octanol–water partition coefficient (Wildman–Crippen LogP) is 3.29. The fraction of sp³-hybridized carbons (Fsp3) is 0.458. The lowest BCUT2D eigenvalue weighted by Crippen LogP contribution is -2.44. The number of benzene rings is 2. The van der Waals surface area contributed by atoms with Gasteiger partial charge in [-0.2, -0.15) is 0 Å². The molecule has 1 amide bonds. The van der Waals surface area contributed by atoms with Crippen molar-refractivity contribution < 1.29 is 9.53 Å². The summed E-state index contributed by atoms with van der Waals surface area (Å²) in [5.74, 6) is -0.0393. The maximum absolute atomic E-state index is 12.5. The molecule has 3 rings (SSSR count). The minimum atomic E-state index is -0.0393. The maximum Gasteiger partial charge on any atom is 0.251 e. The lowest BCUT2D eigenvalue weighted by atomic mass is 10.1. The van der Waals surface area contributed by atoms with Gasteiger partial charge in [0.15, 0.2) is 0 Å². The topological polar surface area (TPSA) is 44.8 Å². The highest BCUT2D eigenvalue weighted by molar-refractivity contribution is 5.94. The standard InChI is InChI=1S/C24H33N3O2/c1-18-14-27(15-19(2)29-18)17-22-9-11-23(12-10-22)24(28)25-13-20-5-7-21(8-6-20)16-26(3)4/h5-12,18-19H,13-17H2,1-4H3,(H,25,28)/t18-,19-/m0/s1. The maximum atomic E-state index is 12.5. The summed E-state index contributed by atoms with van der Waals surface area (Å²) in [5, 5.41) is 3.01. The van der Waals surface area contributed by atoms with Crippen LogP contribution in [0.15, 0.2) is 48.5 Å². The van der Waals surface area contributed by atoms with Gasteiger partial charge in [0.2, 0.25) is 0 Å². The molecule has 1 heterocycles. The molecule has 2 atom stereocenters. The molecule has 29 heavy (non-hydrogen) atoms. The van der Waals surface area contributed by atoms with Crippen LogP contribution in [0.1, 0.15) is 40.9 Å². The Balaban J connectivity index is 1.50. The molecule has 156 valence electrons. The number of carbonyl (C=O) groups excluding carboxylic acids is 1. The quantitative estimate of drug-likeness (QED) is 0.781. The van der Waals surface area contributed by atoms with Gasteiger partial charge in [0.1, 0.15) is 0 Å². The van der Waals surface area contributed by atoms with Gasteiger partial charge in [-0.25, -0.2) is 0 Å². The van der Waals surface area contributed by atoms with E-state index in [1.54, 1.807) is 0 Å². The molecule has 0 aromatic heterocycles. The molecule has 1 N–H and O–H groups in total. The first-order valence-electron chi connectivity index (χ1n) is 10.4. The van der Waals surface area contributed by atoms with Crippen molar-refractivity contribution >= 4 is 5.91 Å². The Morgan fingerprint density at radius 1 is 0.966 bits per heavy atom. The van der Waals surface area contributed by atoms with Gasteiger partial charge in [0.25, 0.3) is 5.91 Å². The third-order valence-electron chi connectivity index (χ3n) is 5.09. The average molecular weight is 396 g/mol. The monoisotopic (exact) mass is 395 g/mol. The third kappa shape index (κ3) is 6.67. The molecule has 2 aromatic rings. The highest BCUT2D eigenvalue weighted by Crippen LogP contribution is 2.15. The molecular weight excluding hydrogens is 362 g/mol. The van der Waals surface area contributed by atoms with Crippen LogP contribution in [0.5, 0.6) is 0 Å². The molecule has 0 saturated carbocycles. The van der Waals surface area contributed by atoms with Crippen LogP contribution in [0.3, 0.4) is 0 Å². The van der Waals surface area contributed by atoms with Crippen LogP contribution < -0.4 is 5.32 Å². The van der Waals surface area contributed by atoms with Gasteiger partial charge in [0.05, 0.1) is 12.2 Å². The summed E-state index contributed by atoms with van der Waals surface area (Å²) in [6.07, 6.45) is 0.529. The van der Waals surface area contributed by atoms with Crippen molar-refractivity contribution in [2.75, 3.05) is 27.2 Å². The molecule has 1 aliphatic heterocycles. The number of amides is 1. The summed E-state index contributed by atoms with van der Waals surface area (Å²) in [6.45, 7) is 8.46. The fourth-order valence-corrected chi connectivity index (χ4v) is 3.85. The van der Waals surface area contributed by atoms with E-state index in [1.807, 2.05) is 12.1 Å². The molecule has 0 aliphatic carbocycles. The summed E-state index contributed by atoms with van der Waals surface area (Å²) in [4.78, 5) is 17.0. The molecule has 1 aliphatic rings. The zero-order chi connectivity index (χ0) is 20.8. The normalized spacial score (nSPS) is 20.0. The van der Waals surface area contributed by atoms with Gasteiger partial charge >= 0.3 is 0 Å². The number of nitrogens with zero attached hydrogens (tertiary/aromatic N) is 2. The van der Waals surface area contributed by atoms with E-state index in [4.69, 9.17) is 4.74 Å². The van der Waals surface area contributed by atoms with E-state index in [1.165, 1.54) is 11.1 Å². The van der Waals surface area contributed by atoms with E-state index in [-0.39, 0.29) is 18.1 Å². The Bertz CT molecular complexity index is 777. The zero-order valence-electron chi connectivity index (χ0n) is 18.0. The fourth-order valence-electron chi connectivity index (χ4n) is 3.85. The largest absolute Gasteiger partial charge is 0.373 e. The van der Waals surface area contributed by atoms with Crippen LogP contribution in [-0.2, 0) is 24.4 Å². The van der Waals surface area contributed by atoms with Crippen molar-refractivity contribution in [2.24, 2.45) is 0 Å². The highest BCUT2D eigenvalue weighted by atomic mass is 16.5. The van der Waals surface area contributed by atoms with E-state index in [0.717, 1.165) is 31.7 Å². The Morgan fingerprint density at radius 2 is 1.52 bits per heavy atom. The van der Waals surface area contributed by atoms with Crippen LogP contribution in [-0.4, -0.2) is 55.1 Å². The Labute approximate surface area is 174 Å². The zero-order valence-corrected chi connectivity index (χ0v) is 18.0. The number of hydrogen-bond donors (Lipinski definition) is 1. The summed E-state index contributed by atoms with van der Waals surface area (Å²) in [7, 11) is 4.11. The molecule has 0 bridgehead atoms. The number of nitrogens with one attached hydrogen (secondary N) is 1. The summed E-state index contributed by atoms with van der Waals surface area (Å²) in [6, 6.07) is 16.3. The molecule has 0 unspecified atom stereocenters. The van der Waals surface area contributed by atoms with Crippen molar-refractivity contribution in [2.45, 2.75) is 45.7 Å². The number of hydrogen-bond acceptors (Lipinski definition) is 4. The third-order valence-corrected chi connectivity index (χ3v) is 5.09. The first kappa shape index (κ1) is 21.5. The van der Waals surface area contributed by atoms with Crippen molar-refractivity contribution in [1.82, 2.24) is 15.1 Å². The molecular formula is C24H33N3O2. The van der Waals surface area contributed by atoms with E-state index in [0.29, 0.717) is 12.1 Å². The minimum absolute atomic E-state index is 0.0393. The highest BCUT2D eigenvalue weighted by Gasteiger charge is 2.22. The number of rotatable bonds is 7. The first-order chi connectivity index (χ1) is 13.9. The van der Waals surface area contributed by atoms with Crippen molar-refractivity contribution in [3.05, 3.63) is 70.8 Å². The van der Waals surface area contributed by atoms with Gasteiger partial charge in [-0.3, -0.25) is 9.69 Å². The molecule has 1 fully saturated rings. The lowest BCUT2D eigenvalue weighted by molar-refractivity contribution is -0.0704. The van der Waals surface area contributed by atoms with Crippen molar-refractivity contribution in [3.8, 4) is 0 Å². The second kappa shape index (κ2) is 10.0. The Morgan fingerprint density at radius 3 is 2.10 bits per heavy atom. The van der Waals surface area contributed by atoms with Crippen molar-refractivity contribution in [1.29, 1.82) is 0 Å². The first-order valence-corrected chi connectivity index (χ1v) is 10.4. The Hall–Kier alpha value is -2.21. The summed E-state index contributed by atoms with van der Waals surface area (Å²) >= 11 is 0. The molecule has 1 saturated heterocycles. The van der Waals surface area contributed by atoms with Gasteiger partial charge in [-0.15, -0.1) is 0 Å². The lowest BCUT2D eigenvalue weighted by Gasteiger charge is -2.35. The van der Waals surface area contributed by atoms with E-state index in [2.05, 4.69) is 79.5 Å². The predicted molar refractivity (Wildman–Crippen MR) is 117 cm³/mol. The second-order valence-electron chi connectivity index (χ2n) is 8.39. The summed E-state index contributed by atoms with van der Waals surface area (Å²) in [5.41, 5.74) is 4.29. The average Bonchev–Trinajstić information content (AvgIpc) is 2.66. The van der Waals surface area contributed by atoms with E-state index in [9.17, 15) is 4.79 Å². The molecule has 5 nitrogen and oxygen atoms in total. The van der Waals surface area contributed by atoms with E-state index >= 15 is 0 Å². The molecule has 2 aromatic carbocycles. The van der Waals surface area contributed by atoms with Gasteiger partial charge in [-0.1, -0.05) is 36.4 Å². The Kier molecular flexibility index (Phi) is 7.42. The second-order valence-corrected chi connectivity index (χ2v) is 8.39. The number of carbonyl (C=O) groups is 1. The van der Waals surface area contributed by atoms with E-state index < -0.39 is 0 Å². The molecule has 0 spiro atoms. The molecule has 0 radical (unpaired) electrons. The smallest absolute Gasteiger partial charge is 0.251 e. The van der Waals surface area contributed by atoms with Crippen LogP contribution in [0, 0.1) is 0 Å². The summed E-state index contributed by atoms with van der Waals surface area (Å²) < 4.78 is 5.79. The van der Waals surface area contributed by atoms with Crippen LogP contribution >= 0.6 is 0 Å². The molecule has 5 heteroatoms.